The molecule has 0 unspecified atom stereocenters. The smallest absolute Gasteiger partial charge is 0.158 e. The number of ether oxygens (including phenoxy) is 1. The highest BCUT2D eigenvalue weighted by Gasteiger charge is 2.17. The van der Waals surface area contributed by atoms with Gasteiger partial charge in [-0.15, -0.1) is 0 Å². The highest BCUT2D eigenvalue weighted by atomic mass is 16.5. The number of hydrogen-bond acceptors (Lipinski definition) is 3. The molecule has 0 saturated carbocycles. The fourth-order valence-corrected chi connectivity index (χ4v) is 0.819. The third-order valence-electron chi connectivity index (χ3n) is 1.55. The molecule has 0 spiro atoms. The Morgan fingerprint density at radius 2 is 2.17 bits per heavy atom. The van der Waals surface area contributed by atoms with Crippen molar-refractivity contribution in [3.05, 3.63) is 11.9 Å². The van der Waals surface area contributed by atoms with Gasteiger partial charge >= 0.3 is 0 Å². The minimum absolute atomic E-state index is 0.0615. The Labute approximate surface area is 72.5 Å². The fraction of sp³-hybridized carbons (Fsp3) is 0.750. The second-order valence-corrected chi connectivity index (χ2v) is 3.77. The van der Waals surface area contributed by atoms with Crippen LogP contribution in [0.15, 0.2) is 6.20 Å². The van der Waals surface area contributed by atoms with Crippen molar-refractivity contribution in [2.45, 2.75) is 32.9 Å². The first-order valence-corrected chi connectivity index (χ1v) is 3.93. The van der Waals surface area contributed by atoms with Gasteiger partial charge in [0.1, 0.15) is 0 Å². The van der Waals surface area contributed by atoms with E-state index in [0.717, 1.165) is 5.69 Å². The van der Waals surface area contributed by atoms with Crippen LogP contribution in [0.25, 0.3) is 0 Å². The standard InChI is InChI=1S/C8H15N3O/c1-8(2,3)7-5-9-11(10-7)6-12-4/h5H,6H2,1-4H3. The van der Waals surface area contributed by atoms with Crippen LogP contribution in [0.1, 0.15) is 26.5 Å². The highest BCUT2D eigenvalue weighted by Crippen LogP contribution is 2.18. The maximum absolute atomic E-state index is 4.89. The Morgan fingerprint density at radius 3 is 2.58 bits per heavy atom. The first kappa shape index (κ1) is 9.19. The van der Waals surface area contributed by atoms with Gasteiger partial charge in [0.05, 0.1) is 11.9 Å². The lowest BCUT2D eigenvalue weighted by atomic mass is 9.93. The lowest BCUT2D eigenvalue weighted by Crippen LogP contribution is -2.13. The van der Waals surface area contributed by atoms with Crippen molar-refractivity contribution < 1.29 is 4.74 Å². The molecule has 1 heterocycles. The summed E-state index contributed by atoms with van der Waals surface area (Å²) in [5.41, 5.74) is 1.05. The van der Waals surface area contributed by atoms with E-state index in [1.54, 1.807) is 18.1 Å². The maximum Gasteiger partial charge on any atom is 0.158 e. The van der Waals surface area contributed by atoms with Crippen molar-refractivity contribution in [3.63, 3.8) is 0 Å². The minimum Gasteiger partial charge on any atom is -0.361 e. The first-order chi connectivity index (χ1) is 5.54. The molecule has 1 aromatic rings. The Morgan fingerprint density at radius 1 is 1.50 bits per heavy atom. The van der Waals surface area contributed by atoms with Crippen molar-refractivity contribution >= 4 is 0 Å². The molecule has 0 saturated heterocycles. The average molecular weight is 169 g/mol. The van der Waals surface area contributed by atoms with Gasteiger partial charge in [0.2, 0.25) is 0 Å². The molecule has 4 nitrogen and oxygen atoms in total. The molecule has 1 aromatic heterocycles. The molecule has 1 rings (SSSR count). The molecule has 68 valence electrons. The van der Waals surface area contributed by atoms with Crippen LogP contribution in [-0.4, -0.2) is 22.1 Å². The van der Waals surface area contributed by atoms with Crippen LogP contribution in [-0.2, 0) is 16.9 Å². The van der Waals surface area contributed by atoms with E-state index in [1.807, 2.05) is 0 Å². The van der Waals surface area contributed by atoms with Crippen molar-refractivity contribution in [1.82, 2.24) is 15.0 Å². The predicted octanol–water partition coefficient (Wildman–Crippen LogP) is 1.18. The van der Waals surface area contributed by atoms with Gasteiger partial charge in [0.15, 0.2) is 6.73 Å². The SMILES string of the molecule is COCn1ncc(C(C)(C)C)n1. The van der Waals surface area contributed by atoms with Crippen LogP contribution in [0.3, 0.4) is 0 Å². The second kappa shape index (κ2) is 3.23. The van der Waals surface area contributed by atoms with Crippen LogP contribution in [0.5, 0.6) is 0 Å². The first-order valence-electron chi connectivity index (χ1n) is 3.93. The topological polar surface area (TPSA) is 39.9 Å². The lowest BCUT2D eigenvalue weighted by molar-refractivity contribution is 0.107. The van der Waals surface area contributed by atoms with Crippen molar-refractivity contribution in [2.75, 3.05) is 7.11 Å². The van der Waals surface area contributed by atoms with Gasteiger partial charge in [0, 0.05) is 12.5 Å². The van der Waals surface area contributed by atoms with Gasteiger partial charge in [-0.25, -0.2) is 0 Å². The molecule has 0 atom stereocenters. The van der Waals surface area contributed by atoms with E-state index in [-0.39, 0.29) is 5.41 Å². The fourth-order valence-electron chi connectivity index (χ4n) is 0.819. The lowest BCUT2D eigenvalue weighted by Gasteiger charge is -2.13. The Bertz CT molecular complexity index is 249. The van der Waals surface area contributed by atoms with E-state index < -0.39 is 0 Å². The van der Waals surface area contributed by atoms with Gasteiger partial charge in [-0.2, -0.15) is 15.0 Å². The molecule has 0 N–H and O–H groups in total. The predicted molar refractivity (Wildman–Crippen MR) is 45.7 cm³/mol. The van der Waals surface area contributed by atoms with Crippen LogP contribution in [0.4, 0.5) is 0 Å². The monoisotopic (exact) mass is 169 g/mol. The molecule has 0 aromatic carbocycles. The highest BCUT2D eigenvalue weighted by molar-refractivity contribution is 5.05. The summed E-state index contributed by atoms with van der Waals surface area (Å²) in [5.74, 6) is 0. The van der Waals surface area contributed by atoms with Crippen LogP contribution in [0.2, 0.25) is 0 Å². The molecule has 0 aliphatic rings. The number of rotatable bonds is 2. The third-order valence-corrected chi connectivity index (χ3v) is 1.55. The summed E-state index contributed by atoms with van der Waals surface area (Å²) in [6.07, 6.45) is 1.78. The molecular formula is C8H15N3O. The summed E-state index contributed by atoms with van der Waals surface area (Å²) in [4.78, 5) is 1.54. The Kier molecular flexibility index (Phi) is 2.47. The largest absolute Gasteiger partial charge is 0.361 e. The van der Waals surface area contributed by atoms with E-state index in [4.69, 9.17) is 4.74 Å². The number of methoxy groups -OCH3 is 1. The Balaban J connectivity index is 2.77. The van der Waals surface area contributed by atoms with Crippen molar-refractivity contribution in [2.24, 2.45) is 0 Å². The summed E-state index contributed by atoms with van der Waals surface area (Å²) < 4.78 is 4.89. The van der Waals surface area contributed by atoms with E-state index in [0.29, 0.717) is 6.73 Å². The van der Waals surface area contributed by atoms with E-state index in [1.165, 1.54) is 0 Å². The van der Waals surface area contributed by atoms with Gasteiger partial charge in [-0.3, -0.25) is 0 Å². The molecule has 0 amide bonds. The van der Waals surface area contributed by atoms with Crippen LogP contribution < -0.4 is 0 Å². The number of hydrogen-bond donors (Lipinski definition) is 0. The zero-order valence-electron chi connectivity index (χ0n) is 8.03. The normalized spacial score (nSPS) is 12.0. The zero-order chi connectivity index (χ0) is 9.19. The van der Waals surface area contributed by atoms with E-state index >= 15 is 0 Å². The van der Waals surface area contributed by atoms with Crippen LogP contribution in [0, 0.1) is 0 Å². The molecule has 4 heteroatoms. The minimum atomic E-state index is 0.0615. The zero-order valence-corrected chi connectivity index (χ0v) is 8.03. The summed E-state index contributed by atoms with van der Waals surface area (Å²) in [5, 5.41) is 8.30. The summed E-state index contributed by atoms with van der Waals surface area (Å²) >= 11 is 0. The third kappa shape index (κ3) is 2.04. The molecule has 0 aliphatic carbocycles. The number of aromatic nitrogens is 3. The quantitative estimate of drug-likeness (QED) is 0.667. The van der Waals surface area contributed by atoms with Gasteiger partial charge in [-0.05, 0) is 0 Å². The molecule has 12 heavy (non-hydrogen) atoms. The molecule has 0 radical (unpaired) electrons. The second-order valence-electron chi connectivity index (χ2n) is 3.77. The summed E-state index contributed by atoms with van der Waals surface area (Å²) in [7, 11) is 1.63. The van der Waals surface area contributed by atoms with Gasteiger partial charge in [-0.1, -0.05) is 20.8 Å². The summed E-state index contributed by atoms with van der Waals surface area (Å²) in [6, 6.07) is 0. The molecule has 0 aliphatic heterocycles. The van der Waals surface area contributed by atoms with Crippen LogP contribution >= 0.6 is 0 Å². The Hall–Kier alpha value is -0.900. The van der Waals surface area contributed by atoms with Gasteiger partial charge < -0.3 is 4.74 Å². The molecule has 0 fully saturated rings. The average Bonchev–Trinajstić information content (AvgIpc) is 2.35. The van der Waals surface area contributed by atoms with E-state index in [2.05, 4.69) is 31.0 Å². The van der Waals surface area contributed by atoms with Crippen molar-refractivity contribution in [1.29, 1.82) is 0 Å². The number of nitrogens with zero attached hydrogens (tertiary/aromatic N) is 3. The molecular weight excluding hydrogens is 154 g/mol. The van der Waals surface area contributed by atoms with E-state index in [9.17, 15) is 0 Å². The van der Waals surface area contributed by atoms with Gasteiger partial charge in [0.25, 0.3) is 0 Å². The molecule has 0 bridgehead atoms. The maximum atomic E-state index is 4.89. The summed E-state index contributed by atoms with van der Waals surface area (Å²) in [6.45, 7) is 6.73. The van der Waals surface area contributed by atoms with Crippen molar-refractivity contribution in [3.8, 4) is 0 Å².